The number of hydroxylamine groups is 2. The molecule has 112 valence electrons. The van der Waals surface area contributed by atoms with Crippen LogP contribution in [0.2, 0.25) is 0 Å². The van der Waals surface area contributed by atoms with Gasteiger partial charge >= 0.3 is 0 Å². The highest BCUT2D eigenvalue weighted by Gasteiger charge is 2.69. The van der Waals surface area contributed by atoms with Gasteiger partial charge in [0.25, 0.3) is 0 Å². The molecule has 2 fully saturated rings. The smallest absolute Gasteiger partial charge is 0.0950 e. The third-order valence-corrected chi connectivity index (χ3v) is 5.40. The number of hydrogen-bond acceptors (Lipinski definition) is 3. The monoisotopic (exact) mass is 269 g/mol. The number of rotatable bonds is 6. The zero-order chi connectivity index (χ0) is 14.1. The van der Waals surface area contributed by atoms with Gasteiger partial charge in [-0.2, -0.15) is 5.06 Å². The molecule has 0 aromatic heterocycles. The first kappa shape index (κ1) is 15.3. The van der Waals surface area contributed by atoms with Gasteiger partial charge in [0, 0.05) is 0 Å². The van der Waals surface area contributed by atoms with Crippen LogP contribution in [0.1, 0.15) is 66.7 Å². The Bertz CT molecular complexity index is 305. The van der Waals surface area contributed by atoms with Crippen LogP contribution in [0.4, 0.5) is 0 Å². The second-order valence-electron chi connectivity index (χ2n) is 6.94. The van der Waals surface area contributed by atoms with E-state index in [-0.39, 0.29) is 17.2 Å². The van der Waals surface area contributed by atoms with Gasteiger partial charge in [-0.15, -0.1) is 0 Å². The summed E-state index contributed by atoms with van der Waals surface area (Å²) in [7, 11) is 0. The number of ether oxygens (including phenoxy) is 1. The molecule has 2 aliphatic rings. The lowest BCUT2D eigenvalue weighted by Crippen LogP contribution is -2.32. The van der Waals surface area contributed by atoms with E-state index in [4.69, 9.17) is 9.57 Å². The Morgan fingerprint density at radius 1 is 1.21 bits per heavy atom. The van der Waals surface area contributed by atoms with Crippen LogP contribution < -0.4 is 0 Å². The van der Waals surface area contributed by atoms with Crippen molar-refractivity contribution in [3.8, 4) is 0 Å². The fourth-order valence-electron chi connectivity index (χ4n) is 3.36. The molecule has 4 atom stereocenters. The average Bonchev–Trinajstić information content (AvgIpc) is 2.88. The van der Waals surface area contributed by atoms with Crippen molar-refractivity contribution in [2.24, 2.45) is 5.92 Å². The summed E-state index contributed by atoms with van der Waals surface area (Å²) in [6.45, 7) is 12.8. The number of unbranched alkanes of at least 4 members (excludes halogenated alkanes) is 2. The summed E-state index contributed by atoms with van der Waals surface area (Å²) in [5, 5.41) is 2.14. The Balaban J connectivity index is 1.86. The molecule has 0 N–H and O–H groups in total. The third kappa shape index (κ3) is 2.70. The second kappa shape index (κ2) is 5.71. The first-order valence-corrected chi connectivity index (χ1v) is 8.02. The molecule has 2 saturated heterocycles. The van der Waals surface area contributed by atoms with Crippen LogP contribution in [-0.4, -0.2) is 35.5 Å². The summed E-state index contributed by atoms with van der Waals surface area (Å²) in [5.41, 5.74) is 0.200. The maximum absolute atomic E-state index is 6.21. The standard InChI is InChI=1S/C16H31NO2/c1-6-8-9-10-13(7-2)14-11-19-17-15(3,4)16(17,5)12-18-14/h13-14H,6-12H2,1-5H3. The van der Waals surface area contributed by atoms with Crippen molar-refractivity contribution in [3.05, 3.63) is 0 Å². The van der Waals surface area contributed by atoms with E-state index in [1.807, 2.05) is 0 Å². The van der Waals surface area contributed by atoms with Crippen molar-refractivity contribution in [1.29, 1.82) is 0 Å². The van der Waals surface area contributed by atoms with Crippen LogP contribution >= 0.6 is 0 Å². The lowest BCUT2D eigenvalue weighted by Gasteiger charge is -2.26. The predicted molar refractivity (Wildman–Crippen MR) is 77.9 cm³/mol. The highest BCUT2D eigenvalue weighted by atomic mass is 16.7. The molecule has 2 aliphatic heterocycles. The molecule has 0 aromatic carbocycles. The van der Waals surface area contributed by atoms with Crippen LogP contribution in [-0.2, 0) is 9.57 Å². The highest BCUT2D eigenvalue weighted by Crippen LogP contribution is 2.53. The second-order valence-corrected chi connectivity index (χ2v) is 6.94. The van der Waals surface area contributed by atoms with E-state index in [2.05, 4.69) is 39.7 Å². The summed E-state index contributed by atoms with van der Waals surface area (Å²) >= 11 is 0. The SMILES string of the molecule is CCCCCC(CC)C1CON2C(C)(C)C2(C)CO1. The summed E-state index contributed by atoms with van der Waals surface area (Å²) in [6, 6.07) is 0. The Morgan fingerprint density at radius 3 is 2.58 bits per heavy atom. The van der Waals surface area contributed by atoms with Gasteiger partial charge in [-0.3, -0.25) is 4.84 Å². The molecular weight excluding hydrogens is 238 g/mol. The molecule has 2 rings (SSSR count). The van der Waals surface area contributed by atoms with E-state index < -0.39 is 0 Å². The molecule has 4 unspecified atom stereocenters. The van der Waals surface area contributed by atoms with E-state index >= 15 is 0 Å². The van der Waals surface area contributed by atoms with Gasteiger partial charge in [-0.25, -0.2) is 0 Å². The summed E-state index contributed by atoms with van der Waals surface area (Å²) in [5.74, 6) is 0.650. The minimum Gasteiger partial charge on any atom is -0.373 e. The lowest BCUT2D eigenvalue weighted by atomic mass is 9.92. The Morgan fingerprint density at radius 2 is 1.95 bits per heavy atom. The van der Waals surface area contributed by atoms with Crippen LogP contribution in [0.15, 0.2) is 0 Å². The van der Waals surface area contributed by atoms with E-state index in [1.54, 1.807) is 0 Å². The number of nitrogens with zero attached hydrogens (tertiary/aromatic N) is 1. The van der Waals surface area contributed by atoms with Crippen molar-refractivity contribution in [2.75, 3.05) is 13.2 Å². The topological polar surface area (TPSA) is 21.5 Å². The Labute approximate surface area is 118 Å². The molecule has 19 heavy (non-hydrogen) atoms. The fraction of sp³-hybridized carbons (Fsp3) is 1.00. The van der Waals surface area contributed by atoms with Crippen molar-refractivity contribution in [2.45, 2.75) is 83.9 Å². The van der Waals surface area contributed by atoms with Gasteiger partial charge in [0.2, 0.25) is 0 Å². The van der Waals surface area contributed by atoms with E-state index in [0.29, 0.717) is 5.92 Å². The molecule has 0 aliphatic carbocycles. The van der Waals surface area contributed by atoms with Crippen molar-refractivity contribution in [1.82, 2.24) is 5.06 Å². The average molecular weight is 269 g/mol. The maximum Gasteiger partial charge on any atom is 0.0950 e. The van der Waals surface area contributed by atoms with E-state index in [9.17, 15) is 0 Å². The van der Waals surface area contributed by atoms with Gasteiger partial charge in [-0.05, 0) is 33.1 Å². The first-order chi connectivity index (χ1) is 8.97. The van der Waals surface area contributed by atoms with Gasteiger partial charge in [0.15, 0.2) is 0 Å². The summed E-state index contributed by atoms with van der Waals surface area (Å²) in [6.07, 6.45) is 6.69. The molecular formula is C16H31NO2. The highest BCUT2D eigenvalue weighted by molar-refractivity contribution is 5.19. The minimum absolute atomic E-state index is 0.0729. The van der Waals surface area contributed by atoms with Crippen LogP contribution in [0, 0.1) is 5.92 Å². The van der Waals surface area contributed by atoms with Gasteiger partial charge in [0.1, 0.15) is 0 Å². The van der Waals surface area contributed by atoms with Crippen molar-refractivity contribution in [3.63, 3.8) is 0 Å². The van der Waals surface area contributed by atoms with E-state index in [0.717, 1.165) is 13.2 Å². The third-order valence-electron chi connectivity index (χ3n) is 5.40. The van der Waals surface area contributed by atoms with Gasteiger partial charge in [-0.1, -0.05) is 39.5 Å². The fourth-order valence-corrected chi connectivity index (χ4v) is 3.36. The summed E-state index contributed by atoms with van der Waals surface area (Å²) in [4.78, 5) is 6.01. The largest absolute Gasteiger partial charge is 0.373 e. The molecule has 0 saturated carbocycles. The lowest BCUT2D eigenvalue weighted by molar-refractivity contribution is -0.123. The molecule has 0 spiro atoms. The molecule has 0 radical (unpaired) electrons. The molecule has 0 bridgehead atoms. The number of fused-ring (bicyclic) bond motifs is 1. The number of hydrogen-bond donors (Lipinski definition) is 0. The summed E-state index contributed by atoms with van der Waals surface area (Å²) < 4.78 is 6.21. The van der Waals surface area contributed by atoms with Crippen molar-refractivity contribution < 1.29 is 9.57 Å². The molecule has 3 nitrogen and oxygen atoms in total. The van der Waals surface area contributed by atoms with Gasteiger partial charge < -0.3 is 4.74 Å². The van der Waals surface area contributed by atoms with Crippen LogP contribution in [0.5, 0.6) is 0 Å². The van der Waals surface area contributed by atoms with Crippen LogP contribution in [0.3, 0.4) is 0 Å². The first-order valence-electron chi connectivity index (χ1n) is 8.02. The van der Waals surface area contributed by atoms with Gasteiger partial charge in [0.05, 0.1) is 30.4 Å². The zero-order valence-electron chi connectivity index (χ0n) is 13.4. The quantitative estimate of drug-likeness (QED) is 0.541. The van der Waals surface area contributed by atoms with Crippen molar-refractivity contribution >= 4 is 0 Å². The Kier molecular flexibility index (Phi) is 4.59. The molecule has 0 amide bonds. The molecule has 0 aromatic rings. The minimum atomic E-state index is 0.0729. The molecule has 3 heteroatoms. The van der Waals surface area contributed by atoms with E-state index in [1.165, 1.54) is 32.1 Å². The zero-order valence-corrected chi connectivity index (χ0v) is 13.4. The normalized spacial score (nSPS) is 38.4. The van der Waals surface area contributed by atoms with Crippen LogP contribution in [0.25, 0.3) is 0 Å². The Hall–Kier alpha value is -0.120. The predicted octanol–water partition coefficient (Wildman–Crippen LogP) is 3.78. The molecule has 2 heterocycles. The maximum atomic E-state index is 6.21.